The Balaban J connectivity index is 1.64. The molecule has 14 heteroatoms. The van der Waals surface area contributed by atoms with Crippen LogP contribution in [0.2, 0.25) is 0 Å². The number of anilines is 1. The van der Waals surface area contributed by atoms with E-state index in [2.05, 4.69) is 15.0 Å². The first-order valence-corrected chi connectivity index (χ1v) is 12.5. The van der Waals surface area contributed by atoms with E-state index in [4.69, 9.17) is 18.6 Å². The third-order valence-corrected chi connectivity index (χ3v) is 6.62. The molecule has 1 unspecified atom stereocenters. The molecule has 3 aromatic heterocycles. The molecule has 1 atom stereocenters. The van der Waals surface area contributed by atoms with Gasteiger partial charge in [-0.3, -0.25) is 4.72 Å². The van der Waals surface area contributed by atoms with Gasteiger partial charge in [0.05, 0.1) is 20.3 Å². The van der Waals surface area contributed by atoms with Crippen molar-refractivity contribution in [1.82, 2.24) is 19.7 Å². The van der Waals surface area contributed by atoms with Crippen molar-refractivity contribution < 1.29 is 31.4 Å². The maximum Gasteiger partial charge on any atom is 0.340 e. The number of rotatable bonds is 9. The normalized spacial score (nSPS) is 14.7. The van der Waals surface area contributed by atoms with Crippen molar-refractivity contribution in [3.8, 4) is 17.8 Å². The molecular weight excluding hydrogens is 509 g/mol. The van der Waals surface area contributed by atoms with Crippen molar-refractivity contribution in [2.45, 2.75) is 25.9 Å². The topological polar surface area (TPSA) is 155 Å². The molecule has 3 heterocycles. The summed E-state index contributed by atoms with van der Waals surface area (Å²) in [6, 6.07) is 2.95. The third-order valence-electron chi connectivity index (χ3n) is 5.62. The summed E-state index contributed by atoms with van der Waals surface area (Å²) >= 11 is 0. The molecule has 0 bridgehead atoms. The van der Waals surface area contributed by atoms with Crippen molar-refractivity contribution in [1.29, 1.82) is 0 Å². The summed E-state index contributed by atoms with van der Waals surface area (Å²) in [4.78, 5) is 24.8. The van der Waals surface area contributed by atoms with Gasteiger partial charge < -0.3 is 18.6 Å². The molecule has 0 aromatic carbocycles. The molecule has 0 aliphatic heterocycles. The van der Waals surface area contributed by atoms with Crippen molar-refractivity contribution in [2.24, 2.45) is 0 Å². The number of hydrogen-bond donors (Lipinski definition) is 2. The van der Waals surface area contributed by atoms with Crippen molar-refractivity contribution in [2.75, 3.05) is 26.0 Å². The minimum absolute atomic E-state index is 0.0757. The zero-order valence-corrected chi connectivity index (χ0v) is 21.2. The quantitative estimate of drug-likeness (QED) is 0.389. The highest BCUT2D eigenvalue weighted by atomic mass is 32.2. The highest BCUT2D eigenvalue weighted by molar-refractivity contribution is 7.90. The van der Waals surface area contributed by atoms with Crippen LogP contribution in [0.4, 0.5) is 10.2 Å². The molecule has 37 heavy (non-hydrogen) atoms. The van der Waals surface area contributed by atoms with Crippen LogP contribution in [-0.2, 0) is 16.6 Å². The van der Waals surface area contributed by atoms with E-state index in [1.165, 1.54) is 39.6 Å². The van der Waals surface area contributed by atoms with Gasteiger partial charge in [-0.05, 0) is 30.2 Å². The van der Waals surface area contributed by atoms with Crippen LogP contribution in [0.3, 0.4) is 0 Å². The molecule has 1 aliphatic rings. The zero-order valence-electron chi connectivity index (χ0n) is 20.4. The second-order valence-electron chi connectivity index (χ2n) is 7.89. The van der Waals surface area contributed by atoms with E-state index in [0.717, 1.165) is 0 Å². The lowest BCUT2D eigenvalue weighted by Crippen LogP contribution is -2.39. The van der Waals surface area contributed by atoms with Gasteiger partial charge in [-0.1, -0.05) is 6.08 Å². The average molecular weight is 534 g/mol. The minimum Gasteiger partial charge on any atom is -0.481 e. The van der Waals surface area contributed by atoms with Gasteiger partial charge in [0.15, 0.2) is 11.6 Å². The van der Waals surface area contributed by atoms with Gasteiger partial charge in [-0.15, -0.1) is 0 Å². The van der Waals surface area contributed by atoms with Gasteiger partial charge in [0, 0.05) is 36.9 Å². The molecule has 0 fully saturated rings. The minimum atomic E-state index is -3.97. The largest absolute Gasteiger partial charge is 0.481 e. The fraction of sp³-hybridized carbons (Fsp3) is 0.304. The molecule has 0 saturated heterocycles. The monoisotopic (exact) mass is 533 g/mol. The maximum atomic E-state index is 15.0. The standard InChI is InChI=1S/C23H24FN5O7S/c1-12-15-6-5-14(35-19-11-18(33-3)27-23(28-19)34-4)10-17(15)36-22(30)16(12)9-13-7-8-26-21(20(13)24)29-37(31,32)25-2/h6-8,10-11,14,25H,5,9H2,1-4H3,(H,26,29). The van der Waals surface area contributed by atoms with Crippen molar-refractivity contribution in [3.05, 3.63) is 61.9 Å². The second-order valence-corrected chi connectivity index (χ2v) is 9.51. The average Bonchev–Trinajstić information content (AvgIpc) is 2.88. The van der Waals surface area contributed by atoms with Crippen molar-refractivity contribution >= 4 is 28.2 Å². The Kier molecular flexibility index (Phi) is 7.40. The van der Waals surface area contributed by atoms with Crippen LogP contribution in [-0.4, -0.2) is 50.7 Å². The van der Waals surface area contributed by atoms with E-state index in [-0.39, 0.29) is 35.3 Å². The molecule has 196 valence electrons. The van der Waals surface area contributed by atoms with Crippen LogP contribution in [0.15, 0.2) is 27.5 Å². The van der Waals surface area contributed by atoms with E-state index >= 15 is 0 Å². The van der Waals surface area contributed by atoms with Crippen molar-refractivity contribution in [3.63, 3.8) is 0 Å². The predicted octanol–water partition coefficient (Wildman–Crippen LogP) is 0.169. The first kappa shape index (κ1) is 26.0. The Labute approximate surface area is 211 Å². The molecule has 12 nitrogen and oxygen atoms in total. The number of pyridine rings is 1. The van der Waals surface area contributed by atoms with Crippen LogP contribution in [0.5, 0.6) is 17.8 Å². The number of hydrogen-bond acceptors (Lipinski definition) is 10. The Morgan fingerprint density at radius 1 is 1.22 bits per heavy atom. The Bertz CT molecular complexity index is 1600. The smallest absolute Gasteiger partial charge is 0.340 e. The lowest BCUT2D eigenvalue weighted by molar-refractivity contribution is 0.246. The Morgan fingerprint density at radius 3 is 2.68 bits per heavy atom. The zero-order chi connectivity index (χ0) is 26.7. The second kappa shape index (κ2) is 10.5. The van der Waals surface area contributed by atoms with E-state index in [1.54, 1.807) is 13.0 Å². The van der Waals surface area contributed by atoms with Crippen LogP contribution < -0.4 is 39.9 Å². The molecular formula is C23H24FN5O7S. The molecule has 0 radical (unpaired) electrons. The number of nitrogens with one attached hydrogen (secondary N) is 2. The first-order chi connectivity index (χ1) is 17.6. The van der Waals surface area contributed by atoms with E-state index in [9.17, 15) is 17.6 Å². The number of fused-ring (bicyclic) bond motifs is 1. The molecule has 0 amide bonds. The van der Waals surface area contributed by atoms with Crippen LogP contribution in [0.25, 0.3) is 12.2 Å². The van der Waals surface area contributed by atoms with Gasteiger partial charge in [0.2, 0.25) is 11.8 Å². The number of aromatic nitrogens is 3. The van der Waals surface area contributed by atoms with E-state index < -0.39 is 33.6 Å². The summed E-state index contributed by atoms with van der Waals surface area (Å²) in [7, 11) is 0.0777. The first-order valence-electron chi connectivity index (χ1n) is 11.0. The lowest BCUT2D eigenvalue weighted by Gasteiger charge is -2.17. The van der Waals surface area contributed by atoms with Gasteiger partial charge in [-0.2, -0.15) is 18.4 Å². The molecule has 3 aromatic rings. The summed E-state index contributed by atoms with van der Waals surface area (Å²) in [5.74, 6) is -0.892. The Hall–Kier alpha value is -4.04. The van der Waals surface area contributed by atoms with E-state index in [1.807, 2.05) is 15.5 Å². The predicted molar refractivity (Wildman–Crippen MR) is 131 cm³/mol. The Morgan fingerprint density at radius 2 is 1.97 bits per heavy atom. The lowest BCUT2D eigenvalue weighted by atomic mass is 9.99. The van der Waals surface area contributed by atoms with Crippen LogP contribution in [0.1, 0.15) is 23.1 Å². The third kappa shape index (κ3) is 5.70. The molecule has 2 N–H and O–H groups in total. The highest BCUT2D eigenvalue weighted by Crippen LogP contribution is 2.22. The van der Waals surface area contributed by atoms with E-state index in [0.29, 0.717) is 22.6 Å². The fourth-order valence-corrected chi connectivity index (χ4v) is 4.21. The number of methoxy groups -OCH3 is 2. The SMILES string of the molecule is CNS(=O)(=O)Nc1nccc(Cc2c(C)c3c(oc2=O)=CC(Oc2cc(OC)nc(OC)n2)CC=3)c1F. The van der Waals surface area contributed by atoms with Crippen LogP contribution in [0, 0.1) is 12.7 Å². The van der Waals surface area contributed by atoms with Gasteiger partial charge >= 0.3 is 11.6 Å². The maximum absolute atomic E-state index is 15.0. The number of halogens is 1. The van der Waals surface area contributed by atoms with Crippen LogP contribution >= 0.6 is 0 Å². The summed E-state index contributed by atoms with van der Waals surface area (Å²) in [5.41, 5.74) is 0.584. The summed E-state index contributed by atoms with van der Waals surface area (Å²) in [5, 5.41) is 0.679. The van der Waals surface area contributed by atoms with Gasteiger partial charge in [0.25, 0.3) is 10.2 Å². The summed E-state index contributed by atoms with van der Waals surface area (Å²) in [6.45, 7) is 1.74. The highest BCUT2D eigenvalue weighted by Gasteiger charge is 2.20. The summed E-state index contributed by atoms with van der Waals surface area (Å²) in [6.07, 6.45) is 4.58. The summed E-state index contributed by atoms with van der Waals surface area (Å²) < 4.78 is 64.1. The number of nitrogens with zero attached hydrogens (tertiary/aromatic N) is 3. The molecule has 1 aliphatic carbocycles. The number of ether oxygens (including phenoxy) is 3. The van der Waals surface area contributed by atoms with Gasteiger partial charge in [0.1, 0.15) is 11.5 Å². The van der Waals surface area contributed by atoms with Gasteiger partial charge in [-0.25, -0.2) is 18.9 Å². The fourth-order valence-electron chi connectivity index (χ4n) is 3.71. The molecule has 0 spiro atoms. The molecule has 0 saturated carbocycles. The molecule has 4 rings (SSSR count).